The fourth-order valence-electron chi connectivity index (χ4n) is 2.97. The van der Waals surface area contributed by atoms with Crippen molar-refractivity contribution in [1.29, 1.82) is 5.26 Å². The van der Waals surface area contributed by atoms with Crippen LogP contribution in [0.4, 0.5) is 5.69 Å². The number of hydrogen-bond acceptors (Lipinski definition) is 4. The molecule has 1 fully saturated rings. The molecule has 0 aromatic heterocycles. The highest BCUT2D eigenvalue weighted by Gasteiger charge is 2.33. The summed E-state index contributed by atoms with van der Waals surface area (Å²) in [5.41, 5.74) is 6.30. The Bertz CT molecular complexity index is 656. The van der Waals surface area contributed by atoms with E-state index < -0.39 is 10.0 Å². The van der Waals surface area contributed by atoms with Crippen molar-refractivity contribution in [2.24, 2.45) is 5.41 Å². The molecule has 2 rings (SSSR count). The van der Waals surface area contributed by atoms with Gasteiger partial charge in [-0.05, 0) is 42.9 Å². The molecule has 6 heteroatoms. The molecule has 5 nitrogen and oxygen atoms in total. The van der Waals surface area contributed by atoms with Gasteiger partial charge < -0.3 is 5.73 Å². The van der Waals surface area contributed by atoms with Crippen LogP contribution in [0.5, 0.6) is 0 Å². The highest BCUT2D eigenvalue weighted by Crippen LogP contribution is 2.40. The van der Waals surface area contributed by atoms with E-state index in [1.165, 1.54) is 18.2 Å². The summed E-state index contributed by atoms with van der Waals surface area (Å²) >= 11 is 0. The zero-order valence-electron chi connectivity index (χ0n) is 12.2. The molecule has 21 heavy (non-hydrogen) atoms. The molecule has 0 amide bonds. The van der Waals surface area contributed by atoms with Crippen LogP contribution in [0.15, 0.2) is 23.1 Å². The van der Waals surface area contributed by atoms with Crippen LogP contribution in [0.25, 0.3) is 0 Å². The van der Waals surface area contributed by atoms with Gasteiger partial charge in [0.25, 0.3) is 0 Å². The second kappa shape index (κ2) is 6.04. The lowest BCUT2D eigenvalue weighted by Crippen LogP contribution is -2.35. The zero-order valence-corrected chi connectivity index (χ0v) is 13.0. The highest BCUT2D eigenvalue weighted by molar-refractivity contribution is 7.89. The van der Waals surface area contributed by atoms with Gasteiger partial charge in [-0.15, -0.1) is 0 Å². The number of nitrogen functional groups attached to an aromatic ring is 1. The lowest BCUT2D eigenvalue weighted by Gasteiger charge is -2.27. The third kappa shape index (κ3) is 3.36. The van der Waals surface area contributed by atoms with Crippen molar-refractivity contribution < 1.29 is 8.42 Å². The topological polar surface area (TPSA) is 96.0 Å². The Kier molecular flexibility index (Phi) is 4.55. The Morgan fingerprint density at radius 3 is 2.57 bits per heavy atom. The quantitative estimate of drug-likeness (QED) is 0.816. The number of benzene rings is 1. The van der Waals surface area contributed by atoms with Gasteiger partial charge >= 0.3 is 0 Å². The second-order valence-electron chi connectivity index (χ2n) is 5.75. The molecule has 0 unspecified atom stereocenters. The summed E-state index contributed by atoms with van der Waals surface area (Å²) < 4.78 is 27.5. The van der Waals surface area contributed by atoms with Crippen molar-refractivity contribution in [3.8, 4) is 6.07 Å². The van der Waals surface area contributed by atoms with Crippen molar-refractivity contribution in [2.75, 3.05) is 12.3 Å². The van der Waals surface area contributed by atoms with Crippen molar-refractivity contribution in [3.05, 3.63) is 23.8 Å². The molecule has 1 saturated carbocycles. The predicted octanol–water partition coefficient (Wildman–Crippen LogP) is 2.39. The Hall–Kier alpha value is -1.58. The number of hydrogen-bond donors (Lipinski definition) is 2. The molecule has 3 N–H and O–H groups in total. The number of sulfonamides is 1. The standard InChI is InChI=1S/C15H21N3O2S/c1-2-15(7-3-4-8-15)11-18-21(19,20)14-6-5-12(10-16)9-13(14)17/h5-6,9,18H,2-4,7-8,11,17H2,1H3. The maximum Gasteiger partial charge on any atom is 0.242 e. The van der Waals surface area contributed by atoms with Crippen molar-refractivity contribution in [1.82, 2.24) is 4.72 Å². The summed E-state index contributed by atoms with van der Waals surface area (Å²) in [6.07, 6.45) is 5.42. The predicted molar refractivity (Wildman–Crippen MR) is 81.9 cm³/mol. The molecule has 0 heterocycles. The van der Waals surface area contributed by atoms with Gasteiger partial charge in [0, 0.05) is 6.54 Å². The van der Waals surface area contributed by atoms with Gasteiger partial charge in [0.15, 0.2) is 0 Å². The minimum Gasteiger partial charge on any atom is -0.398 e. The fourth-order valence-corrected chi connectivity index (χ4v) is 4.24. The van der Waals surface area contributed by atoms with Crippen molar-refractivity contribution >= 4 is 15.7 Å². The second-order valence-corrected chi connectivity index (χ2v) is 7.48. The fraction of sp³-hybridized carbons (Fsp3) is 0.533. The average Bonchev–Trinajstić information content (AvgIpc) is 2.94. The van der Waals surface area contributed by atoms with Crippen LogP contribution < -0.4 is 10.5 Å². The van der Waals surface area contributed by atoms with Crippen LogP contribution in [0.3, 0.4) is 0 Å². The van der Waals surface area contributed by atoms with E-state index in [1.54, 1.807) is 0 Å². The highest BCUT2D eigenvalue weighted by atomic mass is 32.2. The molecule has 0 aliphatic heterocycles. The van der Waals surface area contributed by atoms with Crippen LogP contribution in [0.2, 0.25) is 0 Å². The van der Waals surface area contributed by atoms with Gasteiger partial charge in [-0.25, -0.2) is 13.1 Å². The first-order valence-corrected chi connectivity index (χ1v) is 8.70. The smallest absolute Gasteiger partial charge is 0.242 e. The molecule has 1 aliphatic rings. The summed E-state index contributed by atoms with van der Waals surface area (Å²) in [5, 5.41) is 8.80. The normalized spacial score (nSPS) is 17.5. The summed E-state index contributed by atoms with van der Waals surface area (Å²) in [6.45, 7) is 2.56. The molecule has 0 bridgehead atoms. The van der Waals surface area contributed by atoms with Crippen molar-refractivity contribution in [3.63, 3.8) is 0 Å². The van der Waals surface area contributed by atoms with E-state index in [2.05, 4.69) is 11.6 Å². The first-order valence-electron chi connectivity index (χ1n) is 7.22. The third-order valence-corrected chi connectivity index (χ3v) is 5.95. The van der Waals surface area contributed by atoms with E-state index in [-0.39, 0.29) is 16.0 Å². The van der Waals surface area contributed by atoms with E-state index in [9.17, 15) is 8.42 Å². The molecule has 0 atom stereocenters. The zero-order chi connectivity index (χ0) is 15.5. The molecule has 1 aromatic carbocycles. The summed E-state index contributed by atoms with van der Waals surface area (Å²) in [5.74, 6) is 0. The first kappa shape index (κ1) is 15.8. The third-order valence-electron chi connectivity index (χ3n) is 4.48. The van der Waals surface area contributed by atoms with Crippen LogP contribution in [0.1, 0.15) is 44.6 Å². The van der Waals surface area contributed by atoms with E-state index in [0.717, 1.165) is 32.1 Å². The van der Waals surface area contributed by atoms with Gasteiger partial charge in [-0.1, -0.05) is 19.8 Å². The minimum atomic E-state index is -3.64. The van der Waals surface area contributed by atoms with Crippen LogP contribution in [0, 0.1) is 16.7 Å². The maximum atomic E-state index is 12.4. The molecule has 114 valence electrons. The number of rotatable bonds is 5. The maximum absolute atomic E-state index is 12.4. The molecule has 1 aromatic rings. The molecular formula is C15H21N3O2S. The first-order chi connectivity index (χ1) is 9.92. The molecule has 0 radical (unpaired) electrons. The van der Waals surface area contributed by atoms with E-state index in [0.29, 0.717) is 12.1 Å². The monoisotopic (exact) mass is 307 g/mol. The lowest BCUT2D eigenvalue weighted by molar-refractivity contribution is 0.285. The summed E-state index contributed by atoms with van der Waals surface area (Å²) in [7, 11) is -3.64. The number of nitrogens with one attached hydrogen (secondary N) is 1. The summed E-state index contributed by atoms with van der Waals surface area (Å²) in [4.78, 5) is 0.0470. The molecular weight excluding hydrogens is 286 g/mol. The number of nitrogens with zero attached hydrogens (tertiary/aromatic N) is 1. The minimum absolute atomic E-state index is 0.0470. The van der Waals surface area contributed by atoms with E-state index >= 15 is 0 Å². The molecule has 0 saturated heterocycles. The van der Waals surface area contributed by atoms with Gasteiger partial charge in [-0.3, -0.25) is 0 Å². The van der Waals surface area contributed by atoms with Crippen LogP contribution in [-0.2, 0) is 10.0 Å². The van der Waals surface area contributed by atoms with E-state index in [1.807, 2.05) is 6.07 Å². The molecule has 1 aliphatic carbocycles. The largest absolute Gasteiger partial charge is 0.398 e. The average molecular weight is 307 g/mol. The van der Waals surface area contributed by atoms with Gasteiger partial charge in [0.1, 0.15) is 4.90 Å². The summed E-state index contributed by atoms with van der Waals surface area (Å²) in [6, 6.07) is 6.19. The van der Waals surface area contributed by atoms with Crippen LogP contribution >= 0.6 is 0 Å². The number of nitrogens with two attached hydrogens (primary N) is 1. The Labute approximate surface area is 126 Å². The SMILES string of the molecule is CCC1(CNS(=O)(=O)c2ccc(C#N)cc2N)CCCC1. The van der Waals surface area contributed by atoms with Gasteiger partial charge in [0.05, 0.1) is 17.3 Å². The Morgan fingerprint density at radius 2 is 2.05 bits per heavy atom. The Balaban J connectivity index is 2.17. The van der Waals surface area contributed by atoms with E-state index in [4.69, 9.17) is 11.0 Å². The molecule has 0 spiro atoms. The Morgan fingerprint density at radius 1 is 1.38 bits per heavy atom. The van der Waals surface area contributed by atoms with Crippen LogP contribution in [-0.4, -0.2) is 15.0 Å². The van der Waals surface area contributed by atoms with Crippen molar-refractivity contribution in [2.45, 2.75) is 43.9 Å². The number of anilines is 1. The van der Waals surface area contributed by atoms with Gasteiger partial charge in [-0.2, -0.15) is 5.26 Å². The van der Waals surface area contributed by atoms with Gasteiger partial charge in [0.2, 0.25) is 10.0 Å². The lowest BCUT2D eigenvalue weighted by atomic mass is 9.84. The number of nitriles is 1.